The van der Waals surface area contributed by atoms with E-state index in [1.54, 1.807) is 0 Å². The van der Waals surface area contributed by atoms with Gasteiger partial charge in [-0.2, -0.15) is 15.0 Å². The molecule has 0 aromatic carbocycles. The second-order valence-corrected chi connectivity index (χ2v) is 4.80. The Morgan fingerprint density at radius 3 is 2.67 bits per heavy atom. The number of rotatable bonds is 7. The van der Waals surface area contributed by atoms with Gasteiger partial charge in [0.25, 0.3) is 0 Å². The third-order valence-electron chi connectivity index (χ3n) is 3.03. The minimum Gasteiger partial charge on any atom is -0.464 e. The Hall–Kier alpha value is -1.71. The predicted octanol–water partition coefficient (Wildman–Crippen LogP) is -0.312. The second kappa shape index (κ2) is 7.91. The zero-order chi connectivity index (χ0) is 15.1. The van der Waals surface area contributed by atoms with Gasteiger partial charge in [0.1, 0.15) is 0 Å². The number of aromatic nitrogens is 3. The van der Waals surface area contributed by atoms with Crippen LogP contribution in [0, 0.1) is 0 Å². The van der Waals surface area contributed by atoms with Crippen molar-refractivity contribution in [1.82, 2.24) is 19.9 Å². The van der Waals surface area contributed by atoms with E-state index in [0.29, 0.717) is 12.6 Å². The zero-order valence-electron chi connectivity index (χ0n) is 12.5. The van der Waals surface area contributed by atoms with Crippen LogP contribution in [0.25, 0.3) is 0 Å². The lowest BCUT2D eigenvalue weighted by molar-refractivity contribution is 0.0368. The van der Waals surface area contributed by atoms with Gasteiger partial charge in [-0.1, -0.05) is 0 Å². The molecule has 1 fully saturated rings. The van der Waals surface area contributed by atoms with Gasteiger partial charge < -0.3 is 14.8 Å². The molecule has 0 amide bonds. The summed E-state index contributed by atoms with van der Waals surface area (Å²) in [5, 5.41) is 3.24. The van der Waals surface area contributed by atoms with Crippen LogP contribution in [0.15, 0.2) is 0 Å². The lowest BCUT2D eigenvalue weighted by Gasteiger charge is -2.29. The number of nitrogen functional groups attached to an aromatic ring is 1. The van der Waals surface area contributed by atoms with E-state index in [0.717, 1.165) is 32.8 Å². The number of nitrogens with zero attached hydrogens (tertiary/aromatic N) is 4. The number of hydrogen-bond donors (Lipinski definition) is 3. The molecule has 0 aliphatic carbocycles. The number of nitrogens with one attached hydrogen (secondary N) is 2. The molecule has 1 aromatic heterocycles. The molecule has 1 atom stereocenters. The lowest BCUT2D eigenvalue weighted by atomic mass is 10.3. The van der Waals surface area contributed by atoms with Crippen molar-refractivity contribution < 1.29 is 9.47 Å². The van der Waals surface area contributed by atoms with Crippen molar-refractivity contribution >= 4 is 11.9 Å². The van der Waals surface area contributed by atoms with E-state index < -0.39 is 0 Å². The number of anilines is 2. The fourth-order valence-electron chi connectivity index (χ4n) is 2.12. The van der Waals surface area contributed by atoms with Crippen molar-refractivity contribution in [2.45, 2.75) is 19.9 Å². The Morgan fingerprint density at radius 1 is 1.29 bits per heavy atom. The Morgan fingerprint density at radius 2 is 2.00 bits per heavy atom. The van der Waals surface area contributed by atoms with E-state index in [1.165, 1.54) is 0 Å². The molecule has 2 rings (SSSR count). The van der Waals surface area contributed by atoms with Gasteiger partial charge in [-0.15, -0.1) is 0 Å². The highest BCUT2D eigenvalue weighted by atomic mass is 16.5. The number of nitrogens with two attached hydrogens (primary N) is 1. The maximum atomic E-state index is 5.36. The fourth-order valence-corrected chi connectivity index (χ4v) is 2.12. The summed E-state index contributed by atoms with van der Waals surface area (Å²) >= 11 is 0. The summed E-state index contributed by atoms with van der Waals surface area (Å²) in [6, 6.07) is 0.437. The van der Waals surface area contributed by atoms with Gasteiger partial charge in [-0.3, -0.25) is 10.3 Å². The smallest absolute Gasteiger partial charge is 0.323 e. The third-order valence-corrected chi connectivity index (χ3v) is 3.03. The SMILES string of the molecule is CCOc1nc(NN)nc(NC(C)CN2CCOCC2)n1. The second-order valence-electron chi connectivity index (χ2n) is 4.80. The van der Waals surface area contributed by atoms with Crippen molar-refractivity contribution in [1.29, 1.82) is 0 Å². The Balaban J connectivity index is 1.95. The Bertz CT molecular complexity index is 440. The van der Waals surface area contributed by atoms with Gasteiger partial charge in [0.05, 0.1) is 19.8 Å². The number of morpholine rings is 1. The van der Waals surface area contributed by atoms with Crippen LogP contribution in [0.4, 0.5) is 11.9 Å². The topological polar surface area (TPSA) is 110 Å². The van der Waals surface area contributed by atoms with Crippen molar-refractivity contribution in [3.8, 4) is 6.01 Å². The minimum atomic E-state index is 0.186. The van der Waals surface area contributed by atoms with E-state index in [9.17, 15) is 0 Å². The molecule has 0 bridgehead atoms. The molecule has 21 heavy (non-hydrogen) atoms. The van der Waals surface area contributed by atoms with Crippen molar-refractivity contribution in [2.24, 2.45) is 5.84 Å². The molecular formula is C12H23N7O2. The highest BCUT2D eigenvalue weighted by molar-refractivity contribution is 5.35. The molecule has 1 unspecified atom stereocenters. The first-order valence-electron chi connectivity index (χ1n) is 7.13. The average molecular weight is 297 g/mol. The van der Waals surface area contributed by atoms with Crippen LogP contribution in [-0.4, -0.2) is 65.3 Å². The highest BCUT2D eigenvalue weighted by Gasteiger charge is 2.15. The molecule has 1 aliphatic heterocycles. The van der Waals surface area contributed by atoms with Crippen molar-refractivity contribution in [3.05, 3.63) is 0 Å². The van der Waals surface area contributed by atoms with Crippen LogP contribution in [0.5, 0.6) is 6.01 Å². The average Bonchev–Trinajstić information content (AvgIpc) is 2.48. The molecule has 0 spiro atoms. The van der Waals surface area contributed by atoms with Crippen LogP contribution in [0.2, 0.25) is 0 Å². The maximum absolute atomic E-state index is 5.36. The monoisotopic (exact) mass is 297 g/mol. The summed E-state index contributed by atoms with van der Waals surface area (Å²) < 4.78 is 10.6. The van der Waals surface area contributed by atoms with Crippen molar-refractivity contribution in [3.63, 3.8) is 0 Å². The normalized spacial score (nSPS) is 17.3. The number of ether oxygens (including phenoxy) is 2. The summed E-state index contributed by atoms with van der Waals surface area (Å²) in [4.78, 5) is 14.7. The van der Waals surface area contributed by atoms with E-state index in [-0.39, 0.29) is 18.0 Å². The van der Waals surface area contributed by atoms with Gasteiger partial charge in [-0.25, -0.2) is 5.84 Å². The van der Waals surface area contributed by atoms with Crippen LogP contribution >= 0.6 is 0 Å². The van der Waals surface area contributed by atoms with Gasteiger partial charge in [0.2, 0.25) is 11.9 Å². The van der Waals surface area contributed by atoms with Gasteiger partial charge >= 0.3 is 6.01 Å². The van der Waals surface area contributed by atoms with E-state index in [1.807, 2.05) is 6.92 Å². The molecule has 9 nitrogen and oxygen atoms in total. The molecule has 1 saturated heterocycles. The summed E-state index contributed by atoms with van der Waals surface area (Å²) in [5.74, 6) is 6.07. The van der Waals surface area contributed by atoms with Crippen LogP contribution in [0.3, 0.4) is 0 Å². The Kier molecular flexibility index (Phi) is 5.90. The first-order chi connectivity index (χ1) is 10.2. The van der Waals surface area contributed by atoms with Gasteiger partial charge in [-0.05, 0) is 13.8 Å². The summed E-state index contributed by atoms with van der Waals surface area (Å²) in [6.07, 6.45) is 0. The number of hydrogen-bond acceptors (Lipinski definition) is 9. The van der Waals surface area contributed by atoms with E-state index in [4.69, 9.17) is 15.3 Å². The zero-order valence-corrected chi connectivity index (χ0v) is 12.5. The summed E-state index contributed by atoms with van der Waals surface area (Å²) in [5.41, 5.74) is 2.41. The van der Waals surface area contributed by atoms with Crippen LogP contribution in [0.1, 0.15) is 13.8 Å². The minimum absolute atomic E-state index is 0.186. The van der Waals surface area contributed by atoms with E-state index >= 15 is 0 Å². The van der Waals surface area contributed by atoms with Crippen molar-refractivity contribution in [2.75, 3.05) is 50.2 Å². The first-order valence-corrected chi connectivity index (χ1v) is 7.13. The number of hydrazine groups is 1. The fraction of sp³-hybridized carbons (Fsp3) is 0.750. The maximum Gasteiger partial charge on any atom is 0.323 e. The predicted molar refractivity (Wildman–Crippen MR) is 79.1 cm³/mol. The summed E-state index contributed by atoms with van der Waals surface area (Å²) in [6.45, 7) is 8.79. The molecule has 2 heterocycles. The molecule has 1 aliphatic rings. The van der Waals surface area contributed by atoms with Crippen LogP contribution < -0.4 is 21.3 Å². The standard InChI is InChI=1S/C12H23N7O2/c1-3-21-12-16-10(15-11(17-12)18-13)14-9(2)8-19-4-6-20-7-5-19/h9H,3-8,13H2,1-2H3,(H2,14,15,16,17,18). The third kappa shape index (κ3) is 4.96. The summed E-state index contributed by atoms with van der Waals surface area (Å²) in [7, 11) is 0. The lowest BCUT2D eigenvalue weighted by Crippen LogP contribution is -2.42. The molecular weight excluding hydrogens is 274 g/mol. The molecule has 0 saturated carbocycles. The highest BCUT2D eigenvalue weighted by Crippen LogP contribution is 2.11. The van der Waals surface area contributed by atoms with Gasteiger partial charge in [0.15, 0.2) is 0 Å². The molecule has 118 valence electrons. The quantitative estimate of drug-likeness (QED) is 0.461. The van der Waals surface area contributed by atoms with E-state index in [2.05, 4.69) is 37.5 Å². The molecule has 0 radical (unpaired) electrons. The molecule has 4 N–H and O–H groups in total. The Labute approximate surface area is 124 Å². The largest absolute Gasteiger partial charge is 0.464 e. The van der Waals surface area contributed by atoms with Gasteiger partial charge in [0, 0.05) is 25.7 Å². The molecule has 1 aromatic rings. The first kappa shape index (κ1) is 15.7. The van der Waals surface area contributed by atoms with Crippen LogP contribution in [-0.2, 0) is 4.74 Å². The molecule has 9 heteroatoms.